The van der Waals surface area contributed by atoms with Gasteiger partial charge in [0.2, 0.25) is 17.8 Å². The zero-order chi connectivity index (χ0) is 82.3. The second-order valence-corrected chi connectivity index (χ2v) is 32.8. The van der Waals surface area contributed by atoms with E-state index >= 15 is 0 Å². The molecular formula is C61H83N24O27P3. The summed E-state index contributed by atoms with van der Waals surface area (Å²) < 4.78 is 121. The van der Waals surface area contributed by atoms with Crippen molar-refractivity contribution in [2.75, 3.05) is 70.7 Å². The number of hydrogen-bond acceptors (Lipinski definition) is 41. The van der Waals surface area contributed by atoms with Crippen molar-refractivity contribution in [3.05, 3.63) is 118 Å². The molecule has 0 aromatic carbocycles. The van der Waals surface area contributed by atoms with Gasteiger partial charge in [-0.3, -0.25) is 60.0 Å². The van der Waals surface area contributed by atoms with Gasteiger partial charge in [0.25, 0.3) is 16.7 Å². The molecular weight excluding hydrogens is 1590 g/mol. The first-order valence-electron chi connectivity index (χ1n) is 35.6. The molecule has 6 aliphatic rings. The van der Waals surface area contributed by atoms with Crippen LogP contribution in [0.25, 0.3) is 33.5 Å². The average Bonchev–Trinajstić information content (AvgIpc) is 1.63. The first-order chi connectivity index (χ1) is 54.7. The van der Waals surface area contributed by atoms with Gasteiger partial charge in [0.15, 0.2) is 33.5 Å². The second kappa shape index (κ2) is 34.6. The van der Waals surface area contributed by atoms with Crippen LogP contribution in [0.3, 0.4) is 0 Å². The molecule has 15 heterocycles. The fourth-order valence-corrected chi connectivity index (χ4v) is 17.1. The van der Waals surface area contributed by atoms with E-state index in [2.05, 4.69) is 74.8 Å². The van der Waals surface area contributed by atoms with Crippen LogP contribution in [0.15, 0.2) is 66.7 Å². The zero-order valence-corrected chi connectivity index (χ0v) is 64.9. The SMILES string of the molecule is CC[C@H]1O[C@@H](n2cnc(N)nc2=O)C[C@H]1OP(=O)(O)OC[C@H]1O[C@@H](n2cnc3c(=O)[nH]c(C)nc32)C[C@H]1OC.Cc1nc2c(ncn2[C@H]2C[C@@H](O)[C@@H](COP(C)(=O)O[C@@H]3C[C@H](n4cnc(N)nc4=O)O[C@@H]3CO)O2)c(=O)[nH]1.Cc1nc2c(ncn2[C@H]2C[C@@H](OP(C)(=O)OC[C@H]3O[C@@H](n4cnc(N)nc4=O)C[C@H]3O)[C@@H](CO)O2)c(=O)[nH]1. The van der Waals surface area contributed by atoms with E-state index in [0.717, 1.165) is 13.7 Å². The first-order valence-corrected chi connectivity index (χ1v) is 41.1. The Labute approximate surface area is 645 Å². The van der Waals surface area contributed by atoms with Crippen molar-refractivity contribution >= 4 is 74.4 Å². The maximum atomic E-state index is 13.1. The third kappa shape index (κ3) is 19.0. The number of phosphoric ester groups is 1. The number of aryl methyl sites for hydroxylation is 3. The van der Waals surface area contributed by atoms with Gasteiger partial charge in [-0.05, 0) is 27.2 Å². The number of anilines is 3. The Morgan fingerprint density at radius 1 is 0.435 bits per heavy atom. The molecule has 6 fully saturated rings. The summed E-state index contributed by atoms with van der Waals surface area (Å²) in [4.78, 5) is 138. The largest absolute Gasteiger partial charge is 0.472 e. The summed E-state index contributed by atoms with van der Waals surface area (Å²) in [6, 6.07) is 0. The Hall–Kier alpha value is -9.15. The molecule has 9 aromatic heterocycles. The van der Waals surface area contributed by atoms with Crippen LogP contribution in [-0.4, -0.2) is 254 Å². The minimum atomic E-state index is -4.58. The number of aromatic amines is 3. The van der Waals surface area contributed by atoms with E-state index in [9.17, 15) is 67.8 Å². The van der Waals surface area contributed by atoms with Crippen LogP contribution in [0.1, 0.15) is 107 Å². The van der Waals surface area contributed by atoms with Gasteiger partial charge in [0, 0.05) is 59.0 Å². The van der Waals surface area contributed by atoms with Crippen molar-refractivity contribution in [2.45, 2.75) is 183 Å². The van der Waals surface area contributed by atoms with Gasteiger partial charge in [-0.15, -0.1) is 0 Å². The molecule has 624 valence electrons. The van der Waals surface area contributed by atoms with Gasteiger partial charge in [0.05, 0.1) is 94.7 Å². The number of methoxy groups -OCH3 is 1. The van der Waals surface area contributed by atoms with E-state index < -0.39 is 169 Å². The van der Waals surface area contributed by atoms with Crippen LogP contribution < -0.4 is 50.9 Å². The lowest BCUT2D eigenvalue weighted by molar-refractivity contribution is -0.0559. The number of nitrogens with one attached hydrogen (secondary N) is 3. The number of aliphatic hydroxyl groups is 4. The minimum Gasteiger partial charge on any atom is -0.394 e. The van der Waals surface area contributed by atoms with Gasteiger partial charge < -0.3 is 109 Å². The molecule has 21 atom stereocenters. The molecule has 0 aliphatic carbocycles. The standard InChI is InChI=1S/C21H29N8O9P.2C20H27N8O9P/c1-4-11-13(6-16(36-11)29-9-24-20(22)27-21(29)31)38-39(32,33)35-7-14-12(34-3)5-15(37-14)28-8-23-17-18(28)25-10(2)26-19(17)30;1-9-24-17-16(18(31)25-9)22-7-27(17)15-4-11(12(5-29)35-15)37-38(2,33)34-6-13-10(30)3-14(36-13)28-8-23-19(21)26-20(28)32;1-9-24-17-16(18(31)25-9)22-7-27(17)14-3-10(30)13(36-14)6-34-38(2,33)37-11-4-15(35-12(11)5-29)28-8-23-19(21)26-20(28)32/h8-9,11-16H,4-7H2,1-3H3,(H,32,33)(H2,22,27,31)(H,25,26,30);2*7-8,10-15,29-30H,3-6H2,1-2H3,(H2,21,26,32)(H,24,25,31)/t11-,12-,13-,14-,15-,16-;2*10-,11-,12-,13-,14-,15-,38?/m111/s1. The van der Waals surface area contributed by atoms with Crippen LogP contribution in [0.2, 0.25) is 0 Å². The van der Waals surface area contributed by atoms with E-state index in [1.165, 1.54) is 58.4 Å². The zero-order valence-electron chi connectivity index (χ0n) is 62.2. The Kier molecular flexibility index (Phi) is 25.2. The topological polar surface area (TPSA) is 684 Å². The fraction of sp³-hybridized carbons (Fsp3) is 0.607. The summed E-state index contributed by atoms with van der Waals surface area (Å²) in [6.45, 7) is 7.47. The first kappa shape index (κ1) is 83.8. The molecule has 115 heavy (non-hydrogen) atoms. The Morgan fingerprint density at radius 2 is 0.739 bits per heavy atom. The number of nitrogens with two attached hydrogens (primary N) is 3. The molecule has 54 heteroatoms. The average molecular weight is 1680 g/mol. The van der Waals surface area contributed by atoms with Gasteiger partial charge in [0.1, 0.15) is 104 Å². The second-order valence-electron chi connectivity index (χ2n) is 27.3. The molecule has 14 N–H and O–H groups in total. The van der Waals surface area contributed by atoms with E-state index in [1.807, 2.05) is 6.92 Å². The number of imidazole rings is 3. The molecule has 0 bridgehead atoms. The molecule has 0 radical (unpaired) electrons. The highest BCUT2D eigenvalue weighted by molar-refractivity contribution is 7.53. The molecule has 6 saturated heterocycles. The highest BCUT2D eigenvalue weighted by atomic mass is 31.2. The number of aromatic nitrogens is 21. The Balaban J connectivity index is 0.000000150. The quantitative estimate of drug-likeness (QED) is 0.0270. The summed E-state index contributed by atoms with van der Waals surface area (Å²) in [5, 5.41) is 40.5. The molecule has 0 amide bonds. The Bertz CT molecular complexity index is 5550. The van der Waals surface area contributed by atoms with Crippen LogP contribution in [0, 0.1) is 20.8 Å². The van der Waals surface area contributed by atoms with E-state index in [4.69, 9.17) is 77.5 Å². The molecule has 6 aliphatic heterocycles. The van der Waals surface area contributed by atoms with Crippen molar-refractivity contribution in [1.82, 2.24) is 102 Å². The maximum absolute atomic E-state index is 13.1. The van der Waals surface area contributed by atoms with Gasteiger partial charge in [-0.2, -0.15) is 15.0 Å². The van der Waals surface area contributed by atoms with Crippen LogP contribution in [0.4, 0.5) is 17.8 Å². The van der Waals surface area contributed by atoms with E-state index in [-0.39, 0.29) is 97.4 Å². The number of H-pyrrole nitrogens is 3. The number of ether oxygens (including phenoxy) is 7. The van der Waals surface area contributed by atoms with Crippen LogP contribution in [0.5, 0.6) is 0 Å². The van der Waals surface area contributed by atoms with E-state index in [1.54, 1.807) is 34.5 Å². The summed E-state index contributed by atoms with van der Waals surface area (Å²) in [7, 11) is -10.6. The Morgan fingerprint density at radius 3 is 1.10 bits per heavy atom. The lowest BCUT2D eigenvalue weighted by Crippen LogP contribution is -2.30. The third-order valence-electron chi connectivity index (χ3n) is 19.2. The van der Waals surface area contributed by atoms with Crippen molar-refractivity contribution < 1.29 is 99.3 Å². The van der Waals surface area contributed by atoms with E-state index in [0.29, 0.717) is 47.3 Å². The number of aliphatic hydroxyl groups excluding tert-OH is 4. The lowest BCUT2D eigenvalue weighted by Gasteiger charge is -2.23. The fourth-order valence-electron chi connectivity index (χ4n) is 13.7. The van der Waals surface area contributed by atoms with Crippen molar-refractivity contribution in [2.24, 2.45) is 0 Å². The predicted octanol–water partition coefficient (Wildman–Crippen LogP) is -2.21. The highest BCUT2D eigenvalue weighted by Gasteiger charge is 2.47. The van der Waals surface area contributed by atoms with Gasteiger partial charge >= 0.3 is 40.1 Å². The number of nitrogen functional groups attached to an aromatic ring is 3. The number of phosphoric acid groups is 1. The van der Waals surface area contributed by atoms with Crippen LogP contribution in [-0.2, 0) is 74.0 Å². The molecule has 51 nitrogen and oxygen atoms in total. The molecule has 15 rings (SSSR count). The molecule has 3 unspecified atom stereocenters. The summed E-state index contributed by atoms with van der Waals surface area (Å²) in [6.07, 6.45) is -5.26. The maximum Gasteiger partial charge on any atom is 0.472 e. The monoisotopic (exact) mass is 1680 g/mol. The molecule has 0 spiro atoms. The molecule has 0 saturated carbocycles. The summed E-state index contributed by atoms with van der Waals surface area (Å²) >= 11 is 0. The van der Waals surface area contributed by atoms with Crippen molar-refractivity contribution in [1.29, 1.82) is 0 Å². The minimum absolute atomic E-state index is 0.0516. The third-order valence-corrected chi connectivity index (χ3v) is 22.8. The summed E-state index contributed by atoms with van der Waals surface area (Å²) in [5.74, 6) is 0.671. The smallest absolute Gasteiger partial charge is 0.394 e. The molecule has 9 aromatic rings. The lowest BCUT2D eigenvalue weighted by atomic mass is 10.1. The highest BCUT2D eigenvalue weighted by Crippen LogP contribution is 2.53. The predicted molar refractivity (Wildman–Crippen MR) is 389 cm³/mol. The van der Waals surface area contributed by atoms with Crippen molar-refractivity contribution in [3.63, 3.8) is 0 Å². The number of rotatable bonds is 25. The number of nitrogens with zero attached hydrogens (tertiary/aromatic N) is 18. The van der Waals surface area contributed by atoms with Crippen molar-refractivity contribution in [3.8, 4) is 0 Å². The van der Waals surface area contributed by atoms with Gasteiger partial charge in [-0.1, -0.05) is 6.92 Å². The normalized spacial score (nSPS) is 29.0. The number of fused-ring (bicyclic) bond motifs is 3. The number of hydrogen-bond donors (Lipinski definition) is 11. The van der Waals surface area contributed by atoms with Crippen LogP contribution >= 0.6 is 23.0 Å². The van der Waals surface area contributed by atoms with Gasteiger partial charge in [-0.25, -0.2) is 63.8 Å². The summed E-state index contributed by atoms with van der Waals surface area (Å²) in [5.41, 5.74) is 14.5.